The molecular weight excluding hydrogens is 318 g/mol. The molecule has 0 aliphatic carbocycles. The summed E-state index contributed by atoms with van der Waals surface area (Å²) in [7, 11) is 0. The first-order chi connectivity index (χ1) is 12.0. The fourth-order valence-corrected chi connectivity index (χ4v) is 2.50. The molecule has 0 N–H and O–H groups in total. The van der Waals surface area contributed by atoms with Gasteiger partial charge in [0.05, 0.1) is 29.1 Å². The number of rotatable bonds is 4. The maximum atomic E-state index is 12.1. The molecule has 25 heavy (non-hydrogen) atoms. The Bertz CT molecular complexity index is 914. The quantitative estimate of drug-likeness (QED) is 0.672. The van der Waals surface area contributed by atoms with Crippen LogP contribution in [0.25, 0.3) is 22.9 Å². The van der Waals surface area contributed by atoms with Gasteiger partial charge in [0, 0.05) is 5.56 Å². The number of ether oxygens (including phenoxy) is 1. The highest BCUT2D eigenvalue weighted by atomic mass is 16.5. The molecule has 128 valence electrons. The van der Waals surface area contributed by atoms with Crippen LogP contribution in [-0.4, -0.2) is 27.8 Å². The lowest BCUT2D eigenvalue weighted by atomic mass is 10.1. The van der Waals surface area contributed by atoms with Crippen molar-refractivity contribution in [2.45, 2.75) is 27.7 Å². The van der Waals surface area contributed by atoms with E-state index in [4.69, 9.17) is 9.15 Å². The van der Waals surface area contributed by atoms with Gasteiger partial charge in [-0.25, -0.2) is 4.79 Å². The molecule has 0 atom stereocenters. The van der Waals surface area contributed by atoms with Crippen molar-refractivity contribution in [3.8, 4) is 22.9 Å². The monoisotopic (exact) mass is 337 g/mol. The molecule has 0 amide bonds. The van der Waals surface area contributed by atoms with E-state index >= 15 is 0 Å². The molecule has 0 spiro atoms. The molecule has 6 nitrogen and oxygen atoms in total. The van der Waals surface area contributed by atoms with E-state index in [1.165, 1.54) is 0 Å². The number of aromatic nitrogens is 3. The molecule has 3 rings (SSSR count). The fraction of sp³-hybridized carbons (Fsp3) is 0.263. The van der Waals surface area contributed by atoms with E-state index in [2.05, 4.69) is 15.2 Å². The predicted molar refractivity (Wildman–Crippen MR) is 93.1 cm³/mol. The van der Waals surface area contributed by atoms with Crippen LogP contribution in [0, 0.1) is 20.8 Å². The van der Waals surface area contributed by atoms with Gasteiger partial charge in [-0.2, -0.15) is 0 Å². The Morgan fingerprint density at radius 1 is 1.04 bits per heavy atom. The number of hydrogen-bond acceptors (Lipinski definition) is 6. The Labute approximate surface area is 145 Å². The van der Waals surface area contributed by atoms with Crippen LogP contribution < -0.4 is 0 Å². The number of carbonyl (C=O) groups is 1. The third-order valence-corrected chi connectivity index (χ3v) is 3.85. The minimum Gasteiger partial charge on any atom is -0.462 e. The first-order valence-electron chi connectivity index (χ1n) is 8.06. The summed E-state index contributed by atoms with van der Waals surface area (Å²) in [4.78, 5) is 16.5. The number of pyridine rings is 1. The molecule has 3 aromatic rings. The van der Waals surface area contributed by atoms with Crippen LogP contribution in [-0.2, 0) is 4.74 Å². The van der Waals surface area contributed by atoms with Crippen molar-refractivity contribution < 1.29 is 13.9 Å². The van der Waals surface area contributed by atoms with Crippen LogP contribution in [0.4, 0.5) is 0 Å². The number of aryl methyl sites for hydroxylation is 3. The van der Waals surface area contributed by atoms with Gasteiger partial charge >= 0.3 is 5.97 Å². The molecule has 1 aromatic carbocycles. The molecule has 0 unspecified atom stereocenters. The Morgan fingerprint density at radius 2 is 1.72 bits per heavy atom. The minimum absolute atomic E-state index is 0.305. The molecular formula is C19H19N3O3. The second kappa shape index (κ2) is 6.84. The van der Waals surface area contributed by atoms with Gasteiger partial charge in [0.25, 0.3) is 0 Å². The summed E-state index contributed by atoms with van der Waals surface area (Å²) < 4.78 is 10.9. The first kappa shape index (κ1) is 16.8. The number of hydrogen-bond donors (Lipinski definition) is 0. The lowest BCUT2D eigenvalue weighted by Gasteiger charge is -2.08. The Kier molecular flexibility index (Phi) is 4.61. The van der Waals surface area contributed by atoms with Crippen LogP contribution in [0.1, 0.15) is 34.2 Å². The summed E-state index contributed by atoms with van der Waals surface area (Å²) in [5.41, 5.74) is 4.34. The molecule has 0 bridgehead atoms. The molecule has 0 fully saturated rings. The van der Waals surface area contributed by atoms with E-state index in [1.807, 2.05) is 38.1 Å². The third kappa shape index (κ3) is 3.42. The lowest BCUT2D eigenvalue weighted by molar-refractivity contribution is 0.0525. The highest BCUT2D eigenvalue weighted by Crippen LogP contribution is 2.27. The highest BCUT2D eigenvalue weighted by Gasteiger charge is 2.19. The second-order valence-corrected chi connectivity index (χ2v) is 5.75. The fourth-order valence-electron chi connectivity index (χ4n) is 2.50. The van der Waals surface area contributed by atoms with E-state index in [-0.39, 0.29) is 0 Å². The summed E-state index contributed by atoms with van der Waals surface area (Å²) in [5, 5.41) is 8.22. The maximum Gasteiger partial charge on any atom is 0.339 e. The maximum absolute atomic E-state index is 12.1. The number of esters is 1. The Balaban J connectivity index is 2.00. The van der Waals surface area contributed by atoms with Gasteiger partial charge in [0.15, 0.2) is 0 Å². The van der Waals surface area contributed by atoms with Gasteiger partial charge in [-0.3, -0.25) is 4.98 Å². The van der Waals surface area contributed by atoms with Crippen LogP contribution in [0.5, 0.6) is 0 Å². The molecule has 6 heteroatoms. The summed E-state index contributed by atoms with van der Waals surface area (Å²) in [6.07, 6.45) is 0. The van der Waals surface area contributed by atoms with Crippen LogP contribution >= 0.6 is 0 Å². The minimum atomic E-state index is -0.410. The molecule has 0 saturated heterocycles. The highest BCUT2D eigenvalue weighted by molar-refractivity contribution is 5.92. The van der Waals surface area contributed by atoms with Crippen molar-refractivity contribution in [1.29, 1.82) is 0 Å². The average Bonchev–Trinajstić information content (AvgIpc) is 3.05. The van der Waals surface area contributed by atoms with Crippen molar-refractivity contribution in [3.63, 3.8) is 0 Å². The van der Waals surface area contributed by atoms with E-state index in [0.717, 1.165) is 11.1 Å². The summed E-state index contributed by atoms with van der Waals surface area (Å²) in [5.74, 6) is 0.339. The predicted octanol–water partition coefficient (Wildman–Crippen LogP) is 3.90. The molecule has 0 radical (unpaired) electrons. The Morgan fingerprint density at radius 3 is 2.40 bits per heavy atom. The Hall–Kier alpha value is -3.02. The topological polar surface area (TPSA) is 78.1 Å². The van der Waals surface area contributed by atoms with Crippen LogP contribution in [0.2, 0.25) is 0 Å². The summed E-state index contributed by atoms with van der Waals surface area (Å²) in [6.45, 7) is 7.70. The van der Waals surface area contributed by atoms with Crippen molar-refractivity contribution in [3.05, 3.63) is 52.8 Å². The number of benzene rings is 1. The zero-order valence-corrected chi connectivity index (χ0v) is 14.7. The molecule has 0 aliphatic heterocycles. The largest absolute Gasteiger partial charge is 0.462 e. The molecule has 2 heterocycles. The normalized spacial score (nSPS) is 10.7. The van der Waals surface area contributed by atoms with Crippen molar-refractivity contribution >= 4 is 5.97 Å². The lowest BCUT2D eigenvalue weighted by Crippen LogP contribution is -2.09. The number of nitrogens with zero attached hydrogens (tertiary/aromatic N) is 3. The third-order valence-electron chi connectivity index (χ3n) is 3.85. The van der Waals surface area contributed by atoms with Crippen LogP contribution in [0.15, 0.2) is 34.7 Å². The average molecular weight is 337 g/mol. The molecule has 2 aromatic heterocycles. The summed E-state index contributed by atoms with van der Waals surface area (Å²) in [6, 6.07) is 9.52. The molecule has 0 aliphatic rings. The van der Waals surface area contributed by atoms with Gasteiger partial charge in [-0.1, -0.05) is 17.7 Å². The van der Waals surface area contributed by atoms with E-state index < -0.39 is 5.97 Å². The van der Waals surface area contributed by atoms with E-state index in [1.54, 1.807) is 19.9 Å². The van der Waals surface area contributed by atoms with Gasteiger partial charge in [-0.15, -0.1) is 10.2 Å². The van der Waals surface area contributed by atoms with E-state index in [9.17, 15) is 4.79 Å². The van der Waals surface area contributed by atoms with Gasteiger partial charge in [0.1, 0.15) is 0 Å². The van der Waals surface area contributed by atoms with Gasteiger partial charge < -0.3 is 9.15 Å². The van der Waals surface area contributed by atoms with E-state index in [0.29, 0.717) is 40.9 Å². The second-order valence-electron chi connectivity index (χ2n) is 5.75. The summed E-state index contributed by atoms with van der Waals surface area (Å²) >= 11 is 0. The zero-order chi connectivity index (χ0) is 18.0. The SMILES string of the molecule is CCOC(=O)c1cc(-c2nnc(-c3ccc(C)cc3)o2)c(C)nc1C. The van der Waals surface area contributed by atoms with Gasteiger partial charge in [-0.05, 0) is 45.9 Å². The van der Waals surface area contributed by atoms with Crippen molar-refractivity contribution in [2.75, 3.05) is 6.61 Å². The van der Waals surface area contributed by atoms with Crippen molar-refractivity contribution in [2.24, 2.45) is 0 Å². The van der Waals surface area contributed by atoms with Crippen LogP contribution in [0.3, 0.4) is 0 Å². The van der Waals surface area contributed by atoms with Gasteiger partial charge in [0.2, 0.25) is 11.8 Å². The number of carbonyl (C=O) groups excluding carboxylic acids is 1. The smallest absolute Gasteiger partial charge is 0.339 e. The van der Waals surface area contributed by atoms with Crippen molar-refractivity contribution in [1.82, 2.24) is 15.2 Å². The molecule has 0 saturated carbocycles. The zero-order valence-electron chi connectivity index (χ0n) is 14.7. The first-order valence-corrected chi connectivity index (χ1v) is 8.06. The standard InChI is InChI=1S/C19H19N3O3/c1-5-24-19(23)16-10-15(12(3)20-13(16)4)18-22-21-17(25-18)14-8-6-11(2)7-9-14/h6-10H,5H2,1-4H3.